The van der Waals surface area contributed by atoms with Crippen molar-refractivity contribution in [1.29, 1.82) is 0 Å². The zero-order valence-electron chi connectivity index (χ0n) is 35.3. The number of benzene rings is 5. The van der Waals surface area contributed by atoms with Crippen molar-refractivity contribution < 1.29 is 58.2 Å². The van der Waals surface area contributed by atoms with E-state index in [2.05, 4.69) is 68.5 Å². The number of phenols is 5. The van der Waals surface area contributed by atoms with E-state index in [1.165, 1.54) is 16.7 Å². The minimum atomic E-state index is 0. The maximum absolute atomic E-state index is 10.3. The fourth-order valence-electron chi connectivity index (χ4n) is 7.18. The van der Waals surface area contributed by atoms with E-state index in [0.29, 0.717) is 23.0 Å². The topological polar surface area (TPSA) is 101 Å². The molecule has 0 aliphatic rings. The maximum atomic E-state index is 10.3. The van der Waals surface area contributed by atoms with Gasteiger partial charge in [-0.25, -0.2) is 0 Å². The molecule has 57 heavy (non-hydrogen) atoms. The summed E-state index contributed by atoms with van der Waals surface area (Å²) >= 11 is 0. The molecule has 5 rings (SSSR count). The quantitative estimate of drug-likeness (QED) is 0.0952. The first kappa shape index (κ1) is 48.8. The molecule has 0 amide bonds. The zero-order valence-corrected chi connectivity index (χ0v) is 38.1. The Morgan fingerprint density at radius 2 is 0.877 bits per heavy atom. The number of hydrogen-bond donors (Lipinski definition) is 5. The van der Waals surface area contributed by atoms with Gasteiger partial charge in [-0.3, -0.25) is 0 Å². The normalized spacial score (nSPS) is 12.7. The molecule has 0 saturated carbocycles. The molecule has 5 N–H and O–H groups in total. The summed E-state index contributed by atoms with van der Waals surface area (Å²) in [5, 5.41) is 50.1. The SMILES string of the molecule is C.Cc1[c-]c(O)c(C)cc1/C=C/C(C)c1cc(C)c(O)c(C)c1.Cc1cc(/C=C/C(CC(C)c2cc(C)c(O)c(C)c2)c2cc(C)c(O)c(C)c2)cc(C)c1O.[Y]. The molecule has 0 heterocycles. The molecule has 5 aromatic rings. The number of phenolic OH excluding ortho intramolecular Hbond substituents is 5. The first-order chi connectivity index (χ1) is 25.8. The first-order valence-electron chi connectivity index (χ1n) is 19.1. The molecule has 0 aliphatic heterocycles. The summed E-state index contributed by atoms with van der Waals surface area (Å²) in [7, 11) is 0. The van der Waals surface area contributed by atoms with Gasteiger partial charge in [-0.15, -0.1) is 23.3 Å². The minimum absolute atomic E-state index is 0. The number of rotatable bonds is 9. The van der Waals surface area contributed by atoms with Gasteiger partial charge >= 0.3 is 0 Å². The molecule has 3 unspecified atom stereocenters. The summed E-state index contributed by atoms with van der Waals surface area (Å²) in [5.41, 5.74) is 14.5. The number of aromatic hydroxyl groups is 5. The van der Waals surface area contributed by atoms with E-state index in [4.69, 9.17) is 0 Å². The van der Waals surface area contributed by atoms with Gasteiger partial charge < -0.3 is 25.5 Å². The zero-order chi connectivity index (χ0) is 40.9. The van der Waals surface area contributed by atoms with Gasteiger partial charge in [-0.1, -0.05) is 89.7 Å². The van der Waals surface area contributed by atoms with Crippen molar-refractivity contribution in [2.45, 2.75) is 115 Å². The van der Waals surface area contributed by atoms with Gasteiger partial charge in [0.1, 0.15) is 23.0 Å². The molecule has 5 aromatic carbocycles. The van der Waals surface area contributed by atoms with E-state index in [9.17, 15) is 25.5 Å². The van der Waals surface area contributed by atoms with Crippen LogP contribution in [0.15, 0.2) is 66.7 Å². The van der Waals surface area contributed by atoms with Crippen LogP contribution in [0.1, 0.15) is 129 Å². The van der Waals surface area contributed by atoms with Gasteiger partial charge in [0.05, 0.1) is 0 Å². The Bertz CT molecular complexity index is 2150. The molecule has 1 radical (unpaired) electrons. The van der Waals surface area contributed by atoms with E-state index in [1.807, 2.05) is 99.6 Å². The van der Waals surface area contributed by atoms with Gasteiger partial charge in [-0.05, 0) is 153 Å². The third-order valence-corrected chi connectivity index (χ3v) is 10.8. The molecular formula is C51H63O5Y-. The van der Waals surface area contributed by atoms with Crippen LogP contribution >= 0.6 is 0 Å². The van der Waals surface area contributed by atoms with Crippen molar-refractivity contribution in [3.05, 3.63) is 156 Å². The second kappa shape index (κ2) is 20.9. The van der Waals surface area contributed by atoms with Crippen molar-refractivity contribution in [1.82, 2.24) is 0 Å². The summed E-state index contributed by atoms with van der Waals surface area (Å²) in [6.07, 6.45) is 9.45. The van der Waals surface area contributed by atoms with E-state index in [-0.39, 0.29) is 63.6 Å². The summed E-state index contributed by atoms with van der Waals surface area (Å²) in [6, 6.07) is 21.3. The van der Waals surface area contributed by atoms with E-state index >= 15 is 0 Å². The Morgan fingerprint density at radius 1 is 0.491 bits per heavy atom. The molecule has 0 spiro atoms. The van der Waals surface area contributed by atoms with Gasteiger partial charge in [0.25, 0.3) is 0 Å². The van der Waals surface area contributed by atoms with Crippen LogP contribution in [0.2, 0.25) is 0 Å². The Hall–Kier alpha value is -4.32. The molecule has 6 heteroatoms. The first-order valence-corrected chi connectivity index (χ1v) is 19.1. The molecule has 0 bridgehead atoms. The Kier molecular flexibility index (Phi) is 17.9. The second-order valence-electron chi connectivity index (χ2n) is 15.6. The van der Waals surface area contributed by atoms with Crippen LogP contribution in [0.5, 0.6) is 28.7 Å². The van der Waals surface area contributed by atoms with Crippen molar-refractivity contribution in [3.63, 3.8) is 0 Å². The van der Waals surface area contributed by atoms with Gasteiger partial charge in [0.15, 0.2) is 0 Å². The minimum Gasteiger partial charge on any atom is -0.534 e. The second-order valence-corrected chi connectivity index (χ2v) is 15.6. The number of allylic oxidation sites excluding steroid dienone is 2. The van der Waals surface area contributed by atoms with E-state index in [1.54, 1.807) is 0 Å². The summed E-state index contributed by atoms with van der Waals surface area (Å²) in [4.78, 5) is 0. The average molecular weight is 845 g/mol. The Balaban J connectivity index is 0.000000409. The average Bonchev–Trinajstić information content (AvgIpc) is 3.12. The number of aryl methyl sites for hydroxylation is 10. The van der Waals surface area contributed by atoms with Crippen LogP contribution < -0.4 is 0 Å². The van der Waals surface area contributed by atoms with Crippen molar-refractivity contribution in [2.24, 2.45) is 0 Å². The molecule has 0 fully saturated rings. The third kappa shape index (κ3) is 12.3. The molecular weight excluding hydrogens is 781 g/mol. The van der Waals surface area contributed by atoms with Gasteiger partial charge in [-0.2, -0.15) is 11.6 Å². The van der Waals surface area contributed by atoms with Gasteiger partial charge in [0, 0.05) is 44.4 Å². The van der Waals surface area contributed by atoms with Crippen molar-refractivity contribution >= 4 is 12.2 Å². The summed E-state index contributed by atoms with van der Waals surface area (Å²) in [5.74, 6) is 2.31. The van der Waals surface area contributed by atoms with Crippen LogP contribution in [-0.4, -0.2) is 25.5 Å². The van der Waals surface area contributed by atoms with Crippen molar-refractivity contribution in [2.75, 3.05) is 0 Å². The fourth-order valence-corrected chi connectivity index (χ4v) is 7.18. The molecule has 301 valence electrons. The smallest absolute Gasteiger partial charge is 0.121 e. The molecule has 3 atom stereocenters. The van der Waals surface area contributed by atoms with Crippen LogP contribution in [-0.2, 0) is 32.7 Å². The van der Waals surface area contributed by atoms with Gasteiger partial charge in [0.2, 0.25) is 0 Å². The van der Waals surface area contributed by atoms with E-state index in [0.717, 1.165) is 73.2 Å². The van der Waals surface area contributed by atoms with Crippen LogP contribution in [0, 0.1) is 75.3 Å². The maximum Gasteiger partial charge on any atom is 0.121 e. The predicted octanol–water partition coefficient (Wildman–Crippen LogP) is 13.2. The molecule has 5 nitrogen and oxygen atoms in total. The molecule has 0 saturated heterocycles. The van der Waals surface area contributed by atoms with Crippen LogP contribution in [0.4, 0.5) is 0 Å². The largest absolute Gasteiger partial charge is 0.534 e. The summed E-state index contributed by atoms with van der Waals surface area (Å²) in [6.45, 7) is 23.6. The van der Waals surface area contributed by atoms with Crippen LogP contribution in [0.25, 0.3) is 12.2 Å². The Morgan fingerprint density at radius 3 is 1.32 bits per heavy atom. The van der Waals surface area contributed by atoms with Crippen LogP contribution in [0.3, 0.4) is 0 Å². The third-order valence-electron chi connectivity index (χ3n) is 10.8. The number of hydrogen-bond acceptors (Lipinski definition) is 5. The predicted molar refractivity (Wildman–Crippen MR) is 236 cm³/mol. The molecule has 0 aliphatic carbocycles. The summed E-state index contributed by atoms with van der Waals surface area (Å²) < 4.78 is 0. The standard InChI is InChI=1S/C30H36O3.C20H23O2.CH4.Y/c1-17(26-13-20(4)29(32)21(5)14-26)12-25(27-15-22(6)30(33)23(7)16-27)9-8-24-10-18(2)28(31)19(3)11-24;1-12(18-9-15(4)20(22)16(5)10-18)6-7-17-8-14(3)19(21)11-13(17)2;;/h8-11,13-17,25,31-33H,12H2,1-7H3;6-10,12,21-22H,1-5H3;1H4;/q;-1;;/b9-8+;7-6+;;. The fraction of sp³-hybridized carbons (Fsp3) is 0.333. The van der Waals surface area contributed by atoms with E-state index < -0.39 is 0 Å². The Labute approximate surface area is 367 Å². The monoisotopic (exact) mass is 844 g/mol. The molecule has 0 aromatic heterocycles. The van der Waals surface area contributed by atoms with Crippen molar-refractivity contribution in [3.8, 4) is 28.7 Å².